The summed E-state index contributed by atoms with van der Waals surface area (Å²) < 4.78 is 49.1. The van der Waals surface area contributed by atoms with Crippen molar-refractivity contribution in [1.29, 1.82) is 0 Å². The first kappa shape index (κ1) is 18.7. The quantitative estimate of drug-likeness (QED) is 0.845. The molecule has 0 radical (unpaired) electrons. The average molecular weight is 347 g/mol. The van der Waals surface area contributed by atoms with E-state index in [1.54, 1.807) is 0 Å². The first-order chi connectivity index (χ1) is 11.3. The number of aliphatic hydroxyl groups excluding tert-OH is 1. The summed E-state index contributed by atoms with van der Waals surface area (Å²) >= 11 is 0. The molecule has 0 saturated carbocycles. The van der Waals surface area contributed by atoms with Crippen molar-refractivity contribution in [2.75, 3.05) is 26.9 Å². The lowest BCUT2D eigenvalue weighted by Gasteiger charge is -2.33. The van der Waals surface area contributed by atoms with Gasteiger partial charge in [-0.1, -0.05) is 18.2 Å². The van der Waals surface area contributed by atoms with Gasteiger partial charge in [-0.3, -0.25) is 4.79 Å². The monoisotopic (exact) mass is 347 g/mol. The van der Waals surface area contributed by atoms with Crippen molar-refractivity contribution in [2.24, 2.45) is 5.92 Å². The van der Waals surface area contributed by atoms with Gasteiger partial charge in [0.1, 0.15) is 6.10 Å². The predicted octanol–water partition coefficient (Wildman–Crippen LogP) is 1.39. The smallest absolute Gasteiger partial charge is 0.390 e. The van der Waals surface area contributed by atoms with E-state index in [0.717, 1.165) is 6.07 Å². The van der Waals surface area contributed by atoms with Crippen LogP contribution in [0.5, 0.6) is 0 Å². The number of halogens is 3. The van der Waals surface area contributed by atoms with Crippen molar-refractivity contribution in [2.45, 2.75) is 24.8 Å². The molecule has 8 heteroatoms. The van der Waals surface area contributed by atoms with Crippen molar-refractivity contribution < 1.29 is 32.5 Å². The van der Waals surface area contributed by atoms with Gasteiger partial charge >= 0.3 is 6.18 Å². The Morgan fingerprint density at radius 2 is 2.08 bits per heavy atom. The van der Waals surface area contributed by atoms with Gasteiger partial charge in [0, 0.05) is 19.6 Å². The van der Waals surface area contributed by atoms with Gasteiger partial charge in [-0.05, 0) is 11.6 Å². The Hall–Kier alpha value is -1.64. The second-order valence-corrected chi connectivity index (χ2v) is 5.70. The minimum atomic E-state index is -4.50. The fraction of sp³-hybridized carbons (Fsp3) is 0.562. The van der Waals surface area contributed by atoms with Gasteiger partial charge in [0.15, 0.2) is 0 Å². The molecule has 1 aromatic rings. The number of rotatable bonds is 5. The molecule has 1 aliphatic rings. The van der Waals surface area contributed by atoms with Crippen LogP contribution in [-0.2, 0) is 26.9 Å². The molecule has 1 aliphatic heterocycles. The van der Waals surface area contributed by atoms with Gasteiger partial charge in [-0.25, -0.2) is 0 Å². The topological polar surface area (TPSA) is 67.8 Å². The van der Waals surface area contributed by atoms with E-state index in [2.05, 4.69) is 5.32 Å². The third kappa shape index (κ3) is 4.68. The molecule has 1 saturated heterocycles. The van der Waals surface area contributed by atoms with Gasteiger partial charge in [0.2, 0.25) is 5.91 Å². The fourth-order valence-electron chi connectivity index (χ4n) is 2.65. The largest absolute Gasteiger partial charge is 0.416 e. The number of hydrogen-bond acceptors (Lipinski definition) is 4. The lowest BCUT2D eigenvalue weighted by atomic mass is 9.96. The van der Waals surface area contributed by atoms with Crippen molar-refractivity contribution in [3.05, 3.63) is 35.4 Å². The maximum Gasteiger partial charge on any atom is 0.416 e. The van der Waals surface area contributed by atoms with Gasteiger partial charge < -0.3 is 19.9 Å². The molecule has 2 N–H and O–H groups in total. The normalized spacial score (nSPS) is 24.6. The van der Waals surface area contributed by atoms with Crippen molar-refractivity contribution in [3.63, 3.8) is 0 Å². The van der Waals surface area contributed by atoms with Gasteiger partial charge in [-0.2, -0.15) is 13.2 Å². The molecule has 134 valence electrons. The number of benzene rings is 1. The minimum absolute atomic E-state index is 0.0855. The molecule has 1 amide bonds. The van der Waals surface area contributed by atoms with E-state index in [0.29, 0.717) is 0 Å². The molecule has 1 heterocycles. The van der Waals surface area contributed by atoms with E-state index >= 15 is 0 Å². The molecule has 0 aromatic heterocycles. The highest BCUT2D eigenvalue weighted by atomic mass is 19.4. The molecule has 1 aromatic carbocycles. The molecule has 1 fully saturated rings. The molecular formula is C16H20F3NO4. The third-order valence-corrected chi connectivity index (χ3v) is 4.02. The number of carbonyl (C=O) groups excluding carboxylic acids is 1. The third-order valence-electron chi connectivity index (χ3n) is 4.02. The summed E-state index contributed by atoms with van der Waals surface area (Å²) in [7, 11) is 1.45. The second kappa shape index (κ2) is 7.96. The standard InChI is InChI=1S/C16H20F3NO4/c1-23-13-9-24-8-11(15(13)22)7-20-14(21)6-10-4-2-3-5-12(10)16(17,18)19/h2-5,11,13,15,22H,6-9H2,1H3,(H,20,21)/t11-,13-,15+/m1/s1. The summed E-state index contributed by atoms with van der Waals surface area (Å²) in [6, 6.07) is 4.97. The molecule has 0 aliphatic carbocycles. The average Bonchev–Trinajstić information content (AvgIpc) is 2.53. The summed E-state index contributed by atoms with van der Waals surface area (Å²) in [5.41, 5.74) is -0.904. The maximum absolute atomic E-state index is 12.9. The molecule has 5 nitrogen and oxygen atoms in total. The fourth-order valence-corrected chi connectivity index (χ4v) is 2.65. The number of carbonyl (C=O) groups is 1. The summed E-state index contributed by atoms with van der Waals surface area (Å²) in [5, 5.41) is 12.6. The Morgan fingerprint density at radius 3 is 2.75 bits per heavy atom. The lowest BCUT2D eigenvalue weighted by Crippen LogP contribution is -2.49. The van der Waals surface area contributed by atoms with Crippen LogP contribution in [0, 0.1) is 5.92 Å². The summed E-state index contributed by atoms with van der Waals surface area (Å²) in [6.07, 6.45) is -6.17. The Morgan fingerprint density at radius 1 is 1.38 bits per heavy atom. The van der Waals surface area contributed by atoms with Crippen molar-refractivity contribution >= 4 is 5.91 Å². The van der Waals surface area contributed by atoms with Gasteiger partial charge in [0.25, 0.3) is 0 Å². The first-order valence-electron chi connectivity index (χ1n) is 7.53. The number of nitrogens with one attached hydrogen (secondary N) is 1. The van der Waals surface area contributed by atoms with Crippen LogP contribution in [0.3, 0.4) is 0 Å². The van der Waals surface area contributed by atoms with Crippen LogP contribution in [0.15, 0.2) is 24.3 Å². The van der Waals surface area contributed by atoms with Crippen LogP contribution in [-0.4, -0.2) is 50.1 Å². The van der Waals surface area contributed by atoms with Crippen LogP contribution >= 0.6 is 0 Å². The number of hydrogen-bond donors (Lipinski definition) is 2. The molecule has 0 unspecified atom stereocenters. The highest BCUT2D eigenvalue weighted by Crippen LogP contribution is 2.32. The molecule has 24 heavy (non-hydrogen) atoms. The second-order valence-electron chi connectivity index (χ2n) is 5.70. The molecular weight excluding hydrogens is 327 g/mol. The van der Waals surface area contributed by atoms with Crippen LogP contribution in [0.2, 0.25) is 0 Å². The van der Waals surface area contributed by atoms with Crippen LogP contribution in [0.25, 0.3) is 0 Å². The lowest BCUT2D eigenvalue weighted by molar-refractivity contribution is -0.138. The number of aliphatic hydroxyl groups is 1. The number of alkyl halides is 3. The zero-order valence-corrected chi connectivity index (χ0v) is 13.2. The zero-order chi connectivity index (χ0) is 17.7. The van der Waals surface area contributed by atoms with E-state index in [9.17, 15) is 23.1 Å². The van der Waals surface area contributed by atoms with E-state index < -0.39 is 29.9 Å². The summed E-state index contributed by atoms with van der Waals surface area (Å²) in [4.78, 5) is 12.0. The first-order valence-corrected chi connectivity index (χ1v) is 7.53. The SMILES string of the molecule is CO[C@@H]1COC[C@@H](CNC(=O)Cc2ccccc2C(F)(F)F)[C@@H]1O. The highest BCUT2D eigenvalue weighted by Gasteiger charge is 2.34. The Kier molecular flexibility index (Phi) is 6.20. The Balaban J connectivity index is 1.93. The van der Waals surface area contributed by atoms with Crippen molar-refractivity contribution in [1.82, 2.24) is 5.32 Å². The molecule has 0 bridgehead atoms. The minimum Gasteiger partial charge on any atom is -0.390 e. The van der Waals surface area contributed by atoms with Gasteiger partial charge in [0.05, 0.1) is 31.3 Å². The number of ether oxygens (including phenoxy) is 2. The van der Waals surface area contributed by atoms with Crippen LogP contribution < -0.4 is 5.32 Å². The number of methoxy groups -OCH3 is 1. The zero-order valence-electron chi connectivity index (χ0n) is 13.2. The highest BCUT2D eigenvalue weighted by molar-refractivity contribution is 5.79. The predicted molar refractivity (Wildman–Crippen MR) is 79.3 cm³/mol. The summed E-state index contributed by atoms with van der Waals surface area (Å²) in [6.45, 7) is 0.621. The summed E-state index contributed by atoms with van der Waals surface area (Å²) in [5.74, 6) is -0.913. The van der Waals surface area contributed by atoms with E-state index in [4.69, 9.17) is 9.47 Å². The number of amides is 1. The molecule has 3 atom stereocenters. The van der Waals surface area contributed by atoms with Crippen LogP contribution in [0.4, 0.5) is 13.2 Å². The van der Waals surface area contributed by atoms with Crippen molar-refractivity contribution in [3.8, 4) is 0 Å². The molecule has 0 spiro atoms. The Bertz CT molecular complexity index is 564. The molecule has 2 rings (SSSR count). The Labute approximate surface area is 137 Å². The van der Waals surface area contributed by atoms with E-state index in [-0.39, 0.29) is 37.7 Å². The van der Waals surface area contributed by atoms with E-state index in [1.165, 1.54) is 25.3 Å². The maximum atomic E-state index is 12.9. The van der Waals surface area contributed by atoms with Crippen LogP contribution in [0.1, 0.15) is 11.1 Å². The van der Waals surface area contributed by atoms with Gasteiger partial charge in [-0.15, -0.1) is 0 Å². The van der Waals surface area contributed by atoms with E-state index in [1.807, 2.05) is 0 Å².